The minimum Gasteiger partial charge on any atom is -0.394 e. The second-order valence-electron chi connectivity index (χ2n) is 13.1. The number of rotatable bonds is 11. The highest BCUT2D eigenvalue weighted by Gasteiger charge is 2.34. The highest BCUT2D eigenvalue weighted by molar-refractivity contribution is 5.80. The summed E-state index contributed by atoms with van der Waals surface area (Å²) < 4.78 is 0. The Labute approximate surface area is 269 Å². The van der Waals surface area contributed by atoms with Gasteiger partial charge in [0, 0.05) is 31.1 Å². The van der Waals surface area contributed by atoms with E-state index in [1.165, 1.54) is 5.56 Å². The molecule has 3 aromatic carbocycles. The van der Waals surface area contributed by atoms with Crippen LogP contribution in [0.5, 0.6) is 0 Å². The van der Waals surface area contributed by atoms with E-state index < -0.39 is 6.04 Å². The molecule has 0 spiro atoms. The van der Waals surface area contributed by atoms with E-state index >= 15 is 0 Å². The van der Waals surface area contributed by atoms with Gasteiger partial charge in [0.1, 0.15) is 0 Å². The zero-order chi connectivity index (χ0) is 31.6. The molecule has 3 N–H and O–H groups in total. The Morgan fingerprint density at radius 1 is 0.778 bits per heavy atom. The van der Waals surface area contributed by atoms with Crippen molar-refractivity contribution in [2.75, 3.05) is 20.7 Å². The van der Waals surface area contributed by atoms with Gasteiger partial charge in [0.15, 0.2) is 0 Å². The number of urea groups is 1. The molecule has 2 fully saturated rings. The Balaban J connectivity index is 1.27. The van der Waals surface area contributed by atoms with Crippen LogP contribution < -0.4 is 10.6 Å². The summed E-state index contributed by atoms with van der Waals surface area (Å²) in [4.78, 5) is 31.5. The molecular weight excluding hydrogens is 560 g/mol. The first kappa shape index (κ1) is 32.7. The van der Waals surface area contributed by atoms with Gasteiger partial charge in [-0.05, 0) is 80.8 Å². The number of carbonyl (C=O) groups excluding carboxylic acids is 2. The zero-order valence-electron chi connectivity index (χ0n) is 26.9. The van der Waals surface area contributed by atoms with E-state index in [4.69, 9.17) is 0 Å². The number of amides is 3. The number of aliphatic hydroxyl groups excluding tert-OH is 1. The van der Waals surface area contributed by atoms with Crippen molar-refractivity contribution in [2.45, 2.75) is 88.5 Å². The first-order chi connectivity index (χ1) is 21.9. The largest absolute Gasteiger partial charge is 0.394 e. The standard InChI is InChI=1S/C38H50N4O3/c1-41(2)32-21-23-33(24-22-32)42(38(45)39-25-28-11-5-3-6-12-28)26-29-17-19-30(20-18-29)34-15-9-10-16-35(34)37(44)40-36(27-43)31-13-7-4-8-14-31/h3-8,11-14,17-20,32-36,43H,9-10,15-16,21-27H2,1-2H3,(H,39,45)(H,40,44). The van der Waals surface area contributed by atoms with Crippen LogP contribution in [0.4, 0.5) is 4.79 Å². The lowest BCUT2D eigenvalue weighted by Gasteiger charge is -2.39. The van der Waals surface area contributed by atoms with E-state index in [0.717, 1.165) is 68.1 Å². The molecule has 7 heteroatoms. The second kappa shape index (κ2) is 16.1. The van der Waals surface area contributed by atoms with E-state index in [9.17, 15) is 14.7 Å². The van der Waals surface area contributed by atoms with Crippen LogP contribution in [0.3, 0.4) is 0 Å². The smallest absolute Gasteiger partial charge is 0.318 e. The van der Waals surface area contributed by atoms with Crippen LogP contribution in [-0.2, 0) is 17.9 Å². The van der Waals surface area contributed by atoms with E-state index in [1.807, 2.05) is 65.6 Å². The van der Waals surface area contributed by atoms with Crippen molar-refractivity contribution in [3.8, 4) is 0 Å². The van der Waals surface area contributed by atoms with Crippen LogP contribution in [0.2, 0.25) is 0 Å². The predicted molar refractivity (Wildman–Crippen MR) is 180 cm³/mol. The average molecular weight is 611 g/mol. The Bertz CT molecular complexity index is 1340. The summed E-state index contributed by atoms with van der Waals surface area (Å²) >= 11 is 0. The average Bonchev–Trinajstić information content (AvgIpc) is 3.09. The highest BCUT2D eigenvalue weighted by atomic mass is 16.3. The molecule has 3 atom stereocenters. The molecule has 7 nitrogen and oxygen atoms in total. The number of hydrogen-bond acceptors (Lipinski definition) is 4. The van der Waals surface area contributed by atoms with Crippen LogP contribution in [0.25, 0.3) is 0 Å². The van der Waals surface area contributed by atoms with Gasteiger partial charge in [-0.1, -0.05) is 97.8 Å². The SMILES string of the molecule is CN(C)C1CCC(N(Cc2ccc(C3CCCCC3C(=O)NC(CO)c3ccccc3)cc2)C(=O)NCc2ccccc2)CC1. The van der Waals surface area contributed by atoms with Crippen LogP contribution in [0.1, 0.15) is 85.6 Å². The summed E-state index contributed by atoms with van der Waals surface area (Å²) in [6.45, 7) is 0.935. The molecule has 3 amide bonds. The minimum absolute atomic E-state index is 0.0151. The Kier molecular flexibility index (Phi) is 11.7. The Morgan fingerprint density at radius 2 is 1.40 bits per heavy atom. The van der Waals surface area contributed by atoms with Crippen molar-refractivity contribution in [3.05, 3.63) is 107 Å². The molecule has 0 aliphatic heterocycles. The lowest BCUT2D eigenvalue weighted by molar-refractivity contribution is -0.127. The van der Waals surface area contributed by atoms with Gasteiger partial charge < -0.3 is 25.5 Å². The maximum Gasteiger partial charge on any atom is 0.318 e. The second-order valence-corrected chi connectivity index (χ2v) is 13.1. The van der Waals surface area contributed by atoms with Crippen molar-refractivity contribution in [2.24, 2.45) is 5.92 Å². The number of hydrogen-bond donors (Lipinski definition) is 3. The topological polar surface area (TPSA) is 84.9 Å². The first-order valence-electron chi connectivity index (χ1n) is 16.7. The summed E-state index contributed by atoms with van der Waals surface area (Å²) in [5.74, 6) is 0.0188. The lowest BCUT2D eigenvalue weighted by Crippen LogP contribution is -2.48. The summed E-state index contributed by atoms with van der Waals surface area (Å²) in [5, 5.41) is 16.3. The first-order valence-corrected chi connectivity index (χ1v) is 16.7. The van der Waals surface area contributed by atoms with Crippen LogP contribution in [0, 0.1) is 5.92 Å². The third-order valence-electron chi connectivity index (χ3n) is 9.95. The van der Waals surface area contributed by atoms with Crippen molar-refractivity contribution in [1.29, 1.82) is 0 Å². The van der Waals surface area contributed by atoms with E-state index in [2.05, 4.69) is 53.9 Å². The van der Waals surface area contributed by atoms with Gasteiger partial charge in [0.05, 0.1) is 12.6 Å². The molecule has 2 aliphatic carbocycles. The predicted octanol–water partition coefficient (Wildman–Crippen LogP) is 6.39. The van der Waals surface area contributed by atoms with Crippen LogP contribution >= 0.6 is 0 Å². The van der Waals surface area contributed by atoms with Gasteiger partial charge in [-0.15, -0.1) is 0 Å². The number of benzene rings is 3. The summed E-state index contributed by atoms with van der Waals surface area (Å²) in [7, 11) is 4.29. The van der Waals surface area contributed by atoms with Gasteiger partial charge in [0.25, 0.3) is 0 Å². The monoisotopic (exact) mass is 610 g/mol. The van der Waals surface area contributed by atoms with Crippen molar-refractivity contribution >= 4 is 11.9 Å². The molecular formula is C38H50N4O3. The molecule has 2 aliphatic rings. The van der Waals surface area contributed by atoms with E-state index in [1.54, 1.807) is 0 Å². The molecule has 3 unspecified atom stereocenters. The van der Waals surface area contributed by atoms with Crippen molar-refractivity contribution < 1.29 is 14.7 Å². The number of nitrogens with one attached hydrogen (secondary N) is 2. The summed E-state index contributed by atoms with van der Waals surface area (Å²) in [5.41, 5.74) is 4.28. The van der Waals surface area contributed by atoms with E-state index in [-0.39, 0.29) is 36.4 Å². The number of nitrogens with zero attached hydrogens (tertiary/aromatic N) is 2. The molecule has 240 valence electrons. The maximum absolute atomic E-state index is 13.6. The zero-order valence-corrected chi connectivity index (χ0v) is 26.9. The van der Waals surface area contributed by atoms with Gasteiger partial charge in [0.2, 0.25) is 5.91 Å². The van der Waals surface area contributed by atoms with Crippen molar-refractivity contribution in [3.63, 3.8) is 0 Å². The van der Waals surface area contributed by atoms with E-state index in [0.29, 0.717) is 19.1 Å². The van der Waals surface area contributed by atoms with Gasteiger partial charge in [-0.25, -0.2) is 4.79 Å². The quantitative estimate of drug-likeness (QED) is 0.235. The fraction of sp³-hybridized carbons (Fsp3) is 0.474. The van der Waals surface area contributed by atoms with Gasteiger partial charge in [-0.3, -0.25) is 4.79 Å². The van der Waals surface area contributed by atoms with Crippen LogP contribution in [-0.4, -0.2) is 59.6 Å². The molecule has 2 saturated carbocycles. The molecule has 3 aromatic rings. The molecule has 5 rings (SSSR count). The normalized spacial score (nSPS) is 22.4. The molecule has 0 bridgehead atoms. The third kappa shape index (κ3) is 8.74. The van der Waals surface area contributed by atoms with Crippen LogP contribution in [0.15, 0.2) is 84.9 Å². The molecule has 0 saturated heterocycles. The minimum atomic E-state index is -0.407. The fourth-order valence-corrected chi connectivity index (χ4v) is 7.24. The maximum atomic E-state index is 13.6. The Morgan fingerprint density at radius 3 is 2.04 bits per heavy atom. The summed E-state index contributed by atoms with van der Waals surface area (Å²) in [6.07, 6.45) is 8.12. The highest BCUT2D eigenvalue weighted by Crippen LogP contribution is 2.38. The summed E-state index contributed by atoms with van der Waals surface area (Å²) in [6, 6.07) is 28.7. The fourth-order valence-electron chi connectivity index (χ4n) is 7.24. The van der Waals surface area contributed by atoms with Gasteiger partial charge in [-0.2, -0.15) is 0 Å². The number of carbonyl (C=O) groups is 2. The van der Waals surface area contributed by atoms with Crippen molar-refractivity contribution in [1.82, 2.24) is 20.4 Å². The third-order valence-corrected chi connectivity index (χ3v) is 9.95. The number of aliphatic hydroxyl groups is 1. The van der Waals surface area contributed by atoms with Gasteiger partial charge >= 0.3 is 6.03 Å². The Hall–Kier alpha value is -3.68. The molecule has 0 heterocycles. The molecule has 45 heavy (non-hydrogen) atoms. The molecule has 0 aromatic heterocycles. The lowest BCUT2D eigenvalue weighted by atomic mass is 9.74. The molecule has 0 radical (unpaired) electrons.